The van der Waals surface area contributed by atoms with Crippen molar-refractivity contribution in [2.24, 2.45) is 5.73 Å². The fourth-order valence-electron chi connectivity index (χ4n) is 5.41. The molecule has 2 unspecified atom stereocenters. The molecule has 0 bridgehead atoms. The van der Waals surface area contributed by atoms with Crippen LogP contribution in [0.3, 0.4) is 0 Å². The van der Waals surface area contributed by atoms with E-state index in [1.165, 1.54) is 11.1 Å². The minimum Gasteiger partial charge on any atom is -0.338 e. The standard InChI is InChI=1S/C30H41N5OS/c1-3-37-28-5-4-14-30(32,20-28)29(36)33-27(21-31)19-23-6-10-25(11-7-23)26-12-8-24(9-13-26)22-35-17-15-34(2)16-18-35/h6-13,27-28H,3-5,14-20,22,32H2,1-2H3,(H,33,36)/t27-,28?,30?/m0/s1. The predicted octanol–water partition coefficient (Wildman–Crippen LogP) is 4.05. The Balaban J connectivity index is 1.31. The Hall–Kier alpha value is -2.37. The van der Waals surface area contributed by atoms with Crippen molar-refractivity contribution in [1.29, 1.82) is 5.26 Å². The van der Waals surface area contributed by atoms with Crippen LogP contribution in [0.25, 0.3) is 11.1 Å². The van der Waals surface area contributed by atoms with Crippen molar-refractivity contribution in [3.8, 4) is 17.2 Å². The van der Waals surface area contributed by atoms with E-state index in [2.05, 4.69) is 83.7 Å². The van der Waals surface area contributed by atoms with Gasteiger partial charge in [-0.3, -0.25) is 9.69 Å². The molecule has 37 heavy (non-hydrogen) atoms. The molecule has 1 aliphatic carbocycles. The second-order valence-corrected chi connectivity index (χ2v) is 12.2. The molecule has 2 aromatic carbocycles. The van der Waals surface area contributed by atoms with Crippen LogP contribution < -0.4 is 11.1 Å². The zero-order chi connectivity index (χ0) is 26.3. The number of nitriles is 1. The molecule has 1 saturated carbocycles. The quantitative estimate of drug-likeness (QED) is 0.520. The van der Waals surface area contributed by atoms with Crippen molar-refractivity contribution in [2.75, 3.05) is 39.0 Å². The SMILES string of the molecule is CCSC1CCCC(N)(C(=O)N[C@H](C#N)Cc2ccc(-c3ccc(CN4CCN(C)CC4)cc3)cc2)C1. The first-order valence-electron chi connectivity index (χ1n) is 13.6. The van der Waals surface area contributed by atoms with E-state index < -0.39 is 11.6 Å². The van der Waals surface area contributed by atoms with Crippen LogP contribution in [0.15, 0.2) is 48.5 Å². The summed E-state index contributed by atoms with van der Waals surface area (Å²) in [7, 11) is 2.18. The Morgan fingerprint density at radius 1 is 1.11 bits per heavy atom. The van der Waals surface area contributed by atoms with Crippen molar-refractivity contribution in [3.05, 3.63) is 59.7 Å². The molecule has 2 aromatic rings. The van der Waals surface area contributed by atoms with E-state index >= 15 is 0 Å². The summed E-state index contributed by atoms with van der Waals surface area (Å²) in [6.45, 7) is 7.64. The lowest BCUT2D eigenvalue weighted by atomic mass is 9.81. The van der Waals surface area contributed by atoms with Crippen molar-refractivity contribution in [2.45, 2.75) is 62.4 Å². The van der Waals surface area contributed by atoms with Gasteiger partial charge in [0.05, 0.1) is 11.6 Å². The maximum atomic E-state index is 13.0. The van der Waals surface area contributed by atoms with E-state index in [0.717, 1.165) is 62.4 Å². The van der Waals surface area contributed by atoms with Gasteiger partial charge in [0.1, 0.15) is 6.04 Å². The molecule has 0 spiro atoms. The molecule has 0 aromatic heterocycles. The number of carbonyl (C=O) groups excluding carboxylic acids is 1. The highest BCUT2D eigenvalue weighted by Gasteiger charge is 2.40. The molecule has 1 amide bonds. The van der Waals surface area contributed by atoms with Gasteiger partial charge in [-0.05, 0) is 60.7 Å². The third-order valence-electron chi connectivity index (χ3n) is 7.74. The predicted molar refractivity (Wildman–Crippen MR) is 153 cm³/mol. The number of piperazine rings is 1. The summed E-state index contributed by atoms with van der Waals surface area (Å²) in [6, 6.07) is 18.8. The lowest BCUT2D eigenvalue weighted by Crippen LogP contribution is -2.58. The van der Waals surface area contributed by atoms with E-state index in [9.17, 15) is 10.1 Å². The average molecular weight is 520 g/mol. The summed E-state index contributed by atoms with van der Waals surface area (Å²) in [4.78, 5) is 17.9. The van der Waals surface area contributed by atoms with Gasteiger partial charge in [-0.2, -0.15) is 17.0 Å². The molecular formula is C30H41N5OS. The molecule has 0 radical (unpaired) electrons. The summed E-state index contributed by atoms with van der Waals surface area (Å²) in [6.07, 6.45) is 3.89. The molecule has 4 rings (SSSR count). The molecular weight excluding hydrogens is 478 g/mol. The molecule has 7 heteroatoms. The lowest BCUT2D eigenvalue weighted by molar-refractivity contribution is -0.127. The number of likely N-dealkylation sites (N-methyl/N-ethyl adjacent to an activating group) is 1. The second-order valence-electron chi connectivity index (χ2n) is 10.7. The van der Waals surface area contributed by atoms with Gasteiger partial charge in [0, 0.05) is 44.4 Å². The fourth-order valence-corrected chi connectivity index (χ4v) is 6.63. The molecule has 1 saturated heterocycles. The van der Waals surface area contributed by atoms with Crippen LogP contribution in [0.5, 0.6) is 0 Å². The molecule has 3 atom stereocenters. The second kappa shape index (κ2) is 12.9. The number of rotatable bonds is 9. The molecule has 1 heterocycles. The summed E-state index contributed by atoms with van der Waals surface area (Å²) < 4.78 is 0. The summed E-state index contributed by atoms with van der Waals surface area (Å²) >= 11 is 1.88. The number of amides is 1. The van der Waals surface area contributed by atoms with Crippen molar-refractivity contribution in [1.82, 2.24) is 15.1 Å². The van der Waals surface area contributed by atoms with Crippen LogP contribution in [0.4, 0.5) is 0 Å². The Morgan fingerprint density at radius 3 is 2.32 bits per heavy atom. The van der Waals surface area contributed by atoms with Crippen molar-refractivity contribution >= 4 is 17.7 Å². The van der Waals surface area contributed by atoms with Gasteiger partial charge in [0.2, 0.25) is 5.91 Å². The number of carbonyl (C=O) groups is 1. The van der Waals surface area contributed by atoms with Gasteiger partial charge in [-0.1, -0.05) is 55.5 Å². The highest BCUT2D eigenvalue weighted by Crippen LogP contribution is 2.34. The van der Waals surface area contributed by atoms with Crippen LogP contribution in [0.2, 0.25) is 0 Å². The van der Waals surface area contributed by atoms with Crippen molar-refractivity contribution in [3.63, 3.8) is 0 Å². The Bertz CT molecular complexity index is 1060. The Labute approximate surface area is 226 Å². The zero-order valence-electron chi connectivity index (χ0n) is 22.3. The molecule has 3 N–H and O–H groups in total. The Kier molecular flexibility index (Phi) is 9.66. The monoisotopic (exact) mass is 519 g/mol. The van der Waals surface area contributed by atoms with E-state index in [-0.39, 0.29) is 5.91 Å². The highest BCUT2D eigenvalue weighted by atomic mass is 32.2. The zero-order valence-corrected chi connectivity index (χ0v) is 23.1. The van der Waals surface area contributed by atoms with Gasteiger partial charge in [0.25, 0.3) is 0 Å². The number of hydrogen-bond donors (Lipinski definition) is 2. The van der Waals surface area contributed by atoms with Gasteiger partial charge in [0.15, 0.2) is 0 Å². The van der Waals surface area contributed by atoms with E-state index in [1.807, 2.05) is 11.8 Å². The third kappa shape index (κ3) is 7.58. The third-order valence-corrected chi connectivity index (χ3v) is 8.95. The first kappa shape index (κ1) is 27.7. The van der Waals surface area contributed by atoms with Gasteiger partial charge >= 0.3 is 0 Å². The number of nitrogens with two attached hydrogens (primary N) is 1. The molecule has 6 nitrogen and oxygen atoms in total. The fraction of sp³-hybridized carbons (Fsp3) is 0.533. The number of hydrogen-bond acceptors (Lipinski definition) is 6. The molecule has 1 aliphatic heterocycles. The minimum atomic E-state index is -0.874. The van der Waals surface area contributed by atoms with Gasteiger partial charge in [-0.25, -0.2) is 0 Å². The van der Waals surface area contributed by atoms with Crippen LogP contribution >= 0.6 is 11.8 Å². The minimum absolute atomic E-state index is 0.186. The largest absolute Gasteiger partial charge is 0.338 e. The normalized spacial score (nSPS) is 23.8. The van der Waals surface area contributed by atoms with Crippen LogP contribution in [0.1, 0.15) is 43.7 Å². The number of nitrogens with one attached hydrogen (secondary N) is 1. The summed E-state index contributed by atoms with van der Waals surface area (Å²) in [5.41, 5.74) is 10.4. The van der Waals surface area contributed by atoms with Crippen molar-refractivity contribution < 1.29 is 4.79 Å². The van der Waals surface area contributed by atoms with Gasteiger partial charge in [-0.15, -0.1) is 0 Å². The molecule has 198 valence electrons. The number of thioether (sulfide) groups is 1. The summed E-state index contributed by atoms with van der Waals surface area (Å²) in [5.74, 6) is 0.841. The van der Waals surface area contributed by atoms with Crippen LogP contribution in [0, 0.1) is 11.3 Å². The van der Waals surface area contributed by atoms with Gasteiger partial charge < -0.3 is 16.0 Å². The average Bonchev–Trinajstić information content (AvgIpc) is 2.91. The van der Waals surface area contributed by atoms with E-state index in [0.29, 0.717) is 24.5 Å². The first-order chi connectivity index (χ1) is 17.9. The van der Waals surface area contributed by atoms with Crippen LogP contribution in [-0.2, 0) is 17.8 Å². The maximum Gasteiger partial charge on any atom is 0.241 e. The highest BCUT2D eigenvalue weighted by molar-refractivity contribution is 7.99. The summed E-state index contributed by atoms with van der Waals surface area (Å²) in [5, 5.41) is 13.1. The number of nitrogens with zero attached hydrogens (tertiary/aromatic N) is 3. The van der Waals surface area contributed by atoms with E-state index in [1.54, 1.807) is 0 Å². The topological polar surface area (TPSA) is 85.4 Å². The smallest absolute Gasteiger partial charge is 0.241 e. The lowest BCUT2D eigenvalue weighted by Gasteiger charge is -2.36. The van der Waals surface area contributed by atoms with E-state index in [4.69, 9.17) is 5.73 Å². The first-order valence-corrected chi connectivity index (χ1v) is 14.6. The number of benzene rings is 2. The van der Waals surface area contributed by atoms with Crippen LogP contribution in [-0.4, -0.2) is 71.5 Å². The molecule has 2 fully saturated rings. The maximum absolute atomic E-state index is 13.0. The Morgan fingerprint density at radius 2 is 1.73 bits per heavy atom. The molecule has 2 aliphatic rings.